The number of phenolic OH excluding ortho intramolecular Hbond substituents is 1. The Morgan fingerprint density at radius 1 is 1.07 bits per heavy atom. The monoisotopic (exact) mass is 591 g/mol. The Morgan fingerprint density at radius 3 is 2.35 bits per heavy atom. The van der Waals surface area contributed by atoms with Gasteiger partial charge in [0.25, 0.3) is 0 Å². The number of ketones is 4. The van der Waals surface area contributed by atoms with Crippen molar-refractivity contribution in [2.75, 3.05) is 26.0 Å². The first-order valence-corrected chi connectivity index (χ1v) is 14.1. The summed E-state index contributed by atoms with van der Waals surface area (Å²) in [6, 6.07) is 8.59. The van der Waals surface area contributed by atoms with Crippen molar-refractivity contribution >= 4 is 40.8 Å². The predicted octanol–water partition coefficient (Wildman–Crippen LogP) is 1.49. The molecule has 2 saturated carbocycles. The lowest BCUT2D eigenvalue weighted by Crippen LogP contribution is -2.74. The smallest absolute Gasteiger partial charge is 0.411 e. The summed E-state index contributed by atoms with van der Waals surface area (Å²) in [5.74, 6) is -11.0. The third kappa shape index (κ3) is 4.70. The summed E-state index contributed by atoms with van der Waals surface area (Å²) in [6.45, 7) is 2.16. The normalized spacial score (nSPS) is 28.2. The second kappa shape index (κ2) is 11.0. The lowest BCUT2D eigenvalue weighted by atomic mass is 9.52. The number of nitrogens with one attached hydrogen (secondary N) is 1. The van der Waals surface area contributed by atoms with E-state index in [1.54, 1.807) is 30.3 Å². The van der Waals surface area contributed by atoms with E-state index in [9.17, 15) is 39.0 Å². The average molecular weight is 592 g/mol. The summed E-state index contributed by atoms with van der Waals surface area (Å²) in [7, 11) is 3.07. The van der Waals surface area contributed by atoms with Gasteiger partial charge in [-0.15, -0.1) is 0 Å². The summed E-state index contributed by atoms with van der Waals surface area (Å²) in [6.07, 6.45) is 0.189. The Hall–Kier alpha value is -4.42. The van der Waals surface area contributed by atoms with E-state index in [2.05, 4.69) is 5.32 Å². The molecule has 0 saturated heterocycles. The highest BCUT2D eigenvalue weighted by Crippen LogP contribution is 2.51. The van der Waals surface area contributed by atoms with Gasteiger partial charge in [-0.1, -0.05) is 25.1 Å². The number of ether oxygens (including phenoxy) is 1. The van der Waals surface area contributed by atoms with Gasteiger partial charge in [0.2, 0.25) is 5.91 Å². The van der Waals surface area contributed by atoms with Crippen LogP contribution in [0.1, 0.15) is 35.7 Å². The van der Waals surface area contributed by atoms with Crippen molar-refractivity contribution in [2.45, 2.75) is 37.8 Å². The minimum atomic E-state index is -2.77. The molecule has 2 fully saturated rings. The summed E-state index contributed by atoms with van der Waals surface area (Å²) in [5, 5.41) is 25.1. The fourth-order valence-electron chi connectivity index (χ4n) is 6.96. The first-order chi connectivity index (χ1) is 20.3. The molecular formula is C31H33N3O9. The number of carbonyl (C=O) groups is 6. The molecule has 2 aromatic carbocycles. The van der Waals surface area contributed by atoms with E-state index < -0.39 is 70.4 Å². The van der Waals surface area contributed by atoms with Crippen LogP contribution in [0.3, 0.4) is 0 Å². The molecule has 3 aliphatic rings. The van der Waals surface area contributed by atoms with Gasteiger partial charge in [-0.2, -0.15) is 0 Å². The number of fused-ring (bicyclic) bond motifs is 3. The van der Waals surface area contributed by atoms with Crippen LogP contribution in [-0.4, -0.2) is 82.6 Å². The highest BCUT2D eigenvalue weighted by molar-refractivity contribution is 6.32. The topological polar surface area (TPSA) is 193 Å². The average Bonchev–Trinajstić information content (AvgIpc) is 2.94. The number of nitrogens with zero attached hydrogens (tertiary/aromatic N) is 1. The zero-order valence-corrected chi connectivity index (χ0v) is 24.0. The van der Waals surface area contributed by atoms with E-state index in [4.69, 9.17) is 10.5 Å². The number of phenols is 1. The van der Waals surface area contributed by atoms with Crippen LogP contribution < -0.4 is 11.1 Å². The highest BCUT2D eigenvalue weighted by atomic mass is 16.5. The molecule has 2 amide bonds. The van der Waals surface area contributed by atoms with E-state index in [0.717, 1.165) is 0 Å². The molecule has 0 bridgehead atoms. The van der Waals surface area contributed by atoms with Gasteiger partial charge >= 0.3 is 6.09 Å². The van der Waals surface area contributed by atoms with Crippen LogP contribution >= 0.6 is 0 Å². The van der Waals surface area contributed by atoms with Crippen molar-refractivity contribution in [3.05, 3.63) is 47.5 Å². The molecule has 2 aromatic rings. The van der Waals surface area contributed by atoms with Crippen molar-refractivity contribution in [3.63, 3.8) is 0 Å². The Bertz CT molecular complexity index is 1550. The summed E-state index contributed by atoms with van der Waals surface area (Å²) < 4.78 is 5.04. The van der Waals surface area contributed by atoms with Crippen LogP contribution in [0.2, 0.25) is 0 Å². The van der Waals surface area contributed by atoms with Crippen LogP contribution in [0.5, 0.6) is 5.75 Å². The molecule has 0 spiro atoms. The summed E-state index contributed by atoms with van der Waals surface area (Å²) >= 11 is 0. The van der Waals surface area contributed by atoms with Crippen molar-refractivity contribution in [2.24, 2.45) is 29.4 Å². The molecule has 5 rings (SSSR count). The second-order valence-electron chi connectivity index (χ2n) is 11.6. The van der Waals surface area contributed by atoms with E-state index in [1.165, 1.54) is 25.1 Å². The molecule has 0 aromatic heterocycles. The molecular weight excluding hydrogens is 558 g/mol. The molecule has 5 N–H and O–H groups in total. The number of carbonyl (C=O) groups excluding carboxylic acids is 6. The van der Waals surface area contributed by atoms with Gasteiger partial charge in [-0.05, 0) is 74.2 Å². The quantitative estimate of drug-likeness (QED) is 0.358. The minimum Gasteiger partial charge on any atom is -0.507 e. The number of hydrogen-bond acceptors (Lipinski definition) is 10. The van der Waals surface area contributed by atoms with Crippen LogP contribution in [0.15, 0.2) is 36.4 Å². The number of rotatable bonds is 6. The van der Waals surface area contributed by atoms with Crippen LogP contribution in [-0.2, 0) is 30.3 Å². The Labute approximate surface area is 247 Å². The molecule has 0 aliphatic heterocycles. The SMILES string of the molecule is CCCOC(=O)Nc1ccc(-c2ccc(O)c3c2CC2CC4C(N(C)C)C(=O)C(C(N)=O)C(=O)C4(O)C(=O)C2C3=O)cc1. The van der Waals surface area contributed by atoms with E-state index in [-0.39, 0.29) is 30.8 Å². The van der Waals surface area contributed by atoms with Crippen molar-refractivity contribution in [1.82, 2.24) is 4.90 Å². The largest absolute Gasteiger partial charge is 0.507 e. The van der Waals surface area contributed by atoms with Gasteiger partial charge in [0.15, 0.2) is 34.7 Å². The second-order valence-corrected chi connectivity index (χ2v) is 11.6. The standard InChI is InChI=1S/C31H33N3O9/c1-4-11-43-30(41)33-16-7-5-14(6-8-16)17-9-10-20(35)22-18(17)12-15-13-19-24(34(2)3)26(37)23(29(32)40)28(39)31(19,42)27(38)21(15)25(22)36/h5-10,15,19,21,23-24,35,42H,4,11-13H2,1-3H3,(H2,32,40)(H,33,41). The number of anilines is 1. The van der Waals surface area contributed by atoms with E-state index in [0.29, 0.717) is 28.8 Å². The minimum absolute atomic E-state index is 0.0400. The number of nitrogens with two attached hydrogens (primary N) is 1. The zero-order chi connectivity index (χ0) is 31.4. The first kappa shape index (κ1) is 30.1. The number of amides is 2. The number of aliphatic hydroxyl groups is 1. The number of likely N-dealkylation sites (N-methyl/N-ethyl adjacent to an activating group) is 1. The van der Waals surface area contributed by atoms with Gasteiger partial charge in [0.05, 0.1) is 24.1 Å². The fraction of sp³-hybridized carbons (Fsp3) is 0.419. The summed E-state index contributed by atoms with van der Waals surface area (Å²) in [4.78, 5) is 80.0. The summed E-state index contributed by atoms with van der Waals surface area (Å²) in [5.41, 5.74) is 4.75. The third-order valence-electron chi connectivity index (χ3n) is 8.82. The van der Waals surface area contributed by atoms with Crippen LogP contribution in [0, 0.1) is 23.7 Å². The van der Waals surface area contributed by atoms with Crippen molar-refractivity contribution < 1.29 is 43.7 Å². The molecule has 43 heavy (non-hydrogen) atoms. The van der Waals surface area contributed by atoms with Gasteiger partial charge < -0.3 is 20.7 Å². The Balaban J connectivity index is 1.54. The maximum absolute atomic E-state index is 13.9. The fourth-order valence-corrected chi connectivity index (χ4v) is 6.96. The maximum atomic E-state index is 13.9. The van der Waals surface area contributed by atoms with Crippen LogP contribution in [0.25, 0.3) is 11.1 Å². The number of primary amides is 1. The maximum Gasteiger partial charge on any atom is 0.411 e. The Morgan fingerprint density at radius 2 is 1.74 bits per heavy atom. The molecule has 0 heterocycles. The Kier molecular flexibility index (Phi) is 7.69. The lowest BCUT2D eigenvalue weighted by molar-refractivity contribution is -0.181. The highest BCUT2D eigenvalue weighted by Gasteiger charge is 2.69. The van der Waals surface area contributed by atoms with Crippen LogP contribution in [0.4, 0.5) is 10.5 Å². The molecule has 0 radical (unpaired) electrons. The van der Waals surface area contributed by atoms with E-state index in [1.807, 2.05) is 6.92 Å². The molecule has 3 aliphatic carbocycles. The molecule has 12 heteroatoms. The van der Waals surface area contributed by atoms with Crippen molar-refractivity contribution in [1.29, 1.82) is 0 Å². The number of aromatic hydroxyl groups is 1. The molecule has 226 valence electrons. The predicted molar refractivity (Wildman–Crippen MR) is 152 cm³/mol. The van der Waals surface area contributed by atoms with E-state index >= 15 is 0 Å². The zero-order valence-electron chi connectivity index (χ0n) is 24.0. The number of hydrogen-bond donors (Lipinski definition) is 4. The molecule has 6 atom stereocenters. The van der Waals surface area contributed by atoms with Gasteiger partial charge in [-0.25, -0.2) is 4.79 Å². The lowest BCUT2D eigenvalue weighted by Gasteiger charge is -2.52. The number of benzene rings is 2. The molecule has 6 unspecified atom stereocenters. The van der Waals surface area contributed by atoms with Crippen molar-refractivity contribution in [3.8, 4) is 16.9 Å². The molecule has 12 nitrogen and oxygen atoms in total. The van der Waals surface area contributed by atoms with Gasteiger partial charge in [0.1, 0.15) is 5.75 Å². The van der Waals surface area contributed by atoms with Gasteiger partial charge in [0, 0.05) is 11.6 Å². The third-order valence-corrected chi connectivity index (χ3v) is 8.82. The first-order valence-electron chi connectivity index (χ1n) is 14.1. The van der Waals surface area contributed by atoms with Gasteiger partial charge in [-0.3, -0.25) is 34.2 Å². The number of Topliss-reactive ketones (excluding diaryl/α,β-unsaturated/α-hetero) is 4.